The zero-order valence-electron chi connectivity index (χ0n) is 7.97. The Labute approximate surface area is 74.4 Å². The maximum atomic E-state index is 11.5. The van der Waals surface area contributed by atoms with E-state index in [9.17, 15) is 22.0 Å². The van der Waals surface area contributed by atoms with E-state index in [0.717, 1.165) is 0 Å². The second kappa shape index (κ2) is 5.19. The third-order valence-corrected chi connectivity index (χ3v) is 1.17. The summed E-state index contributed by atoms with van der Waals surface area (Å²) < 4.78 is 57.2. The molecule has 0 heterocycles. The van der Waals surface area contributed by atoms with Gasteiger partial charge in [0.1, 0.15) is 0 Å². The highest BCUT2D eigenvalue weighted by atomic mass is 19.3. The largest absolute Gasteiger partial charge is 0.307 e. The molecule has 0 aromatic rings. The van der Waals surface area contributed by atoms with Crippen molar-refractivity contribution in [2.24, 2.45) is 0 Å². The van der Waals surface area contributed by atoms with Crippen LogP contribution in [0.1, 0.15) is 27.7 Å². The van der Waals surface area contributed by atoms with Gasteiger partial charge in [0.2, 0.25) is 0 Å². The molecule has 0 rings (SSSR count). The summed E-state index contributed by atoms with van der Waals surface area (Å²) >= 11 is 0. The van der Waals surface area contributed by atoms with Crippen molar-refractivity contribution in [2.45, 2.75) is 39.5 Å². The molecule has 0 fully saturated rings. The minimum Gasteiger partial charge on any atom is -0.213 e. The van der Waals surface area contributed by atoms with E-state index in [1.54, 1.807) is 6.92 Å². The molecular formula is C8H13F5. The van der Waals surface area contributed by atoms with Gasteiger partial charge in [-0.1, -0.05) is 6.08 Å². The highest BCUT2D eigenvalue weighted by molar-refractivity contribution is 4.80. The van der Waals surface area contributed by atoms with Crippen LogP contribution in [0.15, 0.2) is 11.9 Å². The first-order chi connectivity index (χ1) is 5.52. The molecule has 0 saturated carbocycles. The lowest BCUT2D eigenvalue weighted by Crippen LogP contribution is -2.33. The summed E-state index contributed by atoms with van der Waals surface area (Å²) in [5.41, 5.74) is 0. The molecule has 0 saturated heterocycles. The van der Waals surface area contributed by atoms with E-state index in [4.69, 9.17) is 0 Å². The van der Waals surface area contributed by atoms with Crippen LogP contribution >= 0.6 is 0 Å². The summed E-state index contributed by atoms with van der Waals surface area (Å²) in [5, 5.41) is 0. The van der Waals surface area contributed by atoms with Crippen molar-refractivity contribution in [1.29, 1.82) is 0 Å². The first-order valence-electron chi connectivity index (χ1n) is 3.56. The molecule has 5 heteroatoms. The van der Waals surface area contributed by atoms with Crippen LogP contribution in [0, 0.1) is 0 Å². The summed E-state index contributed by atoms with van der Waals surface area (Å²) in [7, 11) is 0. The molecule has 0 unspecified atom stereocenters. The minimum absolute atomic E-state index is 0.120. The highest BCUT2D eigenvalue weighted by Gasteiger charge is 2.47. The van der Waals surface area contributed by atoms with E-state index >= 15 is 0 Å². The molecule has 0 spiro atoms. The van der Waals surface area contributed by atoms with E-state index in [1.165, 1.54) is 13.0 Å². The summed E-state index contributed by atoms with van der Waals surface area (Å²) in [6, 6.07) is 0. The van der Waals surface area contributed by atoms with Gasteiger partial charge in [-0.3, -0.25) is 0 Å². The van der Waals surface area contributed by atoms with Gasteiger partial charge in [0, 0.05) is 13.8 Å². The quantitative estimate of drug-likeness (QED) is 0.562. The Balaban J connectivity index is 0. The highest BCUT2D eigenvalue weighted by Crippen LogP contribution is 2.32. The number of rotatable bonds is 1. The van der Waals surface area contributed by atoms with E-state index in [1.807, 2.05) is 0 Å². The molecular weight excluding hydrogens is 191 g/mol. The first-order valence-corrected chi connectivity index (χ1v) is 3.56. The van der Waals surface area contributed by atoms with Gasteiger partial charge in [-0.05, 0) is 13.8 Å². The second-order valence-corrected chi connectivity index (χ2v) is 2.65. The van der Waals surface area contributed by atoms with Gasteiger partial charge in [-0.15, -0.1) is 0 Å². The van der Waals surface area contributed by atoms with Crippen LogP contribution in [0.2, 0.25) is 0 Å². The van der Waals surface area contributed by atoms with Crippen molar-refractivity contribution in [2.75, 3.05) is 0 Å². The number of allylic oxidation sites excluding steroid dienone is 2. The first kappa shape index (κ1) is 14.9. The van der Waals surface area contributed by atoms with Crippen LogP contribution in [-0.4, -0.2) is 11.8 Å². The van der Waals surface area contributed by atoms with Crippen LogP contribution in [0.5, 0.6) is 0 Å². The molecule has 0 atom stereocenters. The Hall–Kier alpha value is -0.610. The van der Waals surface area contributed by atoms with E-state index in [0.29, 0.717) is 0 Å². The molecule has 0 radical (unpaired) electrons. The lowest BCUT2D eigenvalue weighted by Gasteiger charge is -2.17. The summed E-state index contributed by atoms with van der Waals surface area (Å²) in [6.45, 7) is 3.45. The molecule has 0 nitrogen and oxygen atoms in total. The van der Waals surface area contributed by atoms with Crippen molar-refractivity contribution in [1.82, 2.24) is 0 Å². The summed E-state index contributed by atoms with van der Waals surface area (Å²) in [4.78, 5) is 0. The fourth-order valence-corrected chi connectivity index (χ4v) is 0. The zero-order chi connectivity index (χ0) is 11.3. The Kier molecular flexibility index (Phi) is 5.95. The molecule has 80 valence electrons. The van der Waals surface area contributed by atoms with Gasteiger partial charge < -0.3 is 0 Å². The molecule has 0 N–H and O–H groups in total. The van der Waals surface area contributed by atoms with Gasteiger partial charge in [0.15, 0.2) is 0 Å². The van der Waals surface area contributed by atoms with Gasteiger partial charge in [0.25, 0.3) is 0 Å². The average Bonchev–Trinajstić information content (AvgIpc) is 1.84. The fourth-order valence-electron chi connectivity index (χ4n) is 0. The molecule has 0 aromatic carbocycles. The fraction of sp³-hybridized carbons (Fsp3) is 0.750. The van der Waals surface area contributed by atoms with Gasteiger partial charge in [-0.25, -0.2) is 22.0 Å². The van der Waals surface area contributed by atoms with Crippen molar-refractivity contribution >= 4 is 0 Å². The van der Waals surface area contributed by atoms with Crippen LogP contribution in [-0.2, 0) is 0 Å². The number of hydrogen-bond acceptors (Lipinski definition) is 0. The Morgan fingerprint density at radius 2 is 1.15 bits per heavy atom. The van der Waals surface area contributed by atoms with Crippen molar-refractivity contribution in [3.8, 4) is 0 Å². The predicted molar refractivity (Wildman–Crippen MR) is 41.8 cm³/mol. The molecule has 0 aliphatic rings. The molecule has 0 amide bonds. The number of halogens is 5. The van der Waals surface area contributed by atoms with Gasteiger partial charge >= 0.3 is 11.8 Å². The van der Waals surface area contributed by atoms with E-state index in [-0.39, 0.29) is 19.7 Å². The molecule has 0 aliphatic carbocycles. The van der Waals surface area contributed by atoms with Crippen LogP contribution < -0.4 is 0 Å². The maximum Gasteiger partial charge on any atom is 0.307 e. The van der Waals surface area contributed by atoms with Gasteiger partial charge in [-0.2, -0.15) is 0 Å². The SMILES string of the molecule is CC(F)(F)C(C)(F)F.CC=C(C)F. The van der Waals surface area contributed by atoms with Crippen molar-refractivity contribution in [3.05, 3.63) is 11.9 Å². The van der Waals surface area contributed by atoms with Gasteiger partial charge in [0.05, 0.1) is 5.83 Å². The monoisotopic (exact) mass is 204 g/mol. The van der Waals surface area contributed by atoms with E-state index in [2.05, 4.69) is 0 Å². The molecule has 13 heavy (non-hydrogen) atoms. The predicted octanol–water partition coefficient (Wildman–Crippen LogP) is 4.18. The zero-order valence-corrected chi connectivity index (χ0v) is 7.97. The minimum atomic E-state index is -3.90. The lowest BCUT2D eigenvalue weighted by molar-refractivity contribution is -0.185. The maximum absolute atomic E-state index is 11.5. The Morgan fingerprint density at radius 3 is 1.15 bits per heavy atom. The number of alkyl halides is 4. The van der Waals surface area contributed by atoms with Crippen LogP contribution in [0.3, 0.4) is 0 Å². The van der Waals surface area contributed by atoms with Crippen LogP contribution in [0.25, 0.3) is 0 Å². The summed E-state index contributed by atoms with van der Waals surface area (Å²) in [5.74, 6) is -7.91. The molecule has 0 bridgehead atoms. The topological polar surface area (TPSA) is 0 Å². The third kappa shape index (κ3) is 9.30. The van der Waals surface area contributed by atoms with Crippen molar-refractivity contribution in [3.63, 3.8) is 0 Å². The standard InChI is InChI=1S/C4H6F4.C4H7F/c1-3(5,6)4(2,7)8;1-3-4(2)5/h1-2H3;3H,1-2H3. The molecule has 0 aromatic heterocycles. The Morgan fingerprint density at radius 1 is 1.00 bits per heavy atom. The number of hydrogen-bond donors (Lipinski definition) is 0. The van der Waals surface area contributed by atoms with Crippen LogP contribution in [0.4, 0.5) is 22.0 Å². The normalized spacial score (nSPS) is 13.5. The van der Waals surface area contributed by atoms with Crippen molar-refractivity contribution < 1.29 is 22.0 Å². The average molecular weight is 204 g/mol. The smallest absolute Gasteiger partial charge is 0.213 e. The molecule has 0 aliphatic heterocycles. The Bertz CT molecular complexity index is 144. The van der Waals surface area contributed by atoms with E-state index < -0.39 is 11.8 Å². The summed E-state index contributed by atoms with van der Waals surface area (Å²) in [6.07, 6.45) is 1.42. The lowest BCUT2D eigenvalue weighted by atomic mass is 10.2. The second-order valence-electron chi connectivity index (χ2n) is 2.65. The third-order valence-electron chi connectivity index (χ3n) is 1.17.